The monoisotopic (exact) mass is 373 g/mol. The Labute approximate surface area is 156 Å². The van der Waals surface area contributed by atoms with Gasteiger partial charge in [0.15, 0.2) is 5.82 Å². The van der Waals surface area contributed by atoms with Crippen LogP contribution in [-0.2, 0) is 19.9 Å². The highest BCUT2D eigenvalue weighted by atomic mass is 16.5. The third kappa shape index (κ3) is 3.54. The molecule has 1 aliphatic heterocycles. The Morgan fingerprint density at radius 3 is 2.81 bits per heavy atom. The summed E-state index contributed by atoms with van der Waals surface area (Å²) < 4.78 is 11.9. The van der Waals surface area contributed by atoms with E-state index in [4.69, 9.17) is 9.26 Å². The Kier molecular flexibility index (Phi) is 4.59. The lowest BCUT2D eigenvalue weighted by molar-refractivity contribution is 0.0719. The fourth-order valence-corrected chi connectivity index (χ4v) is 3.35. The molecule has 1 fully saturated rings. The summed E-state index contributed by atoms with van der Waals surface area (Å²) in [5, 5.41) is 6.64. The van der Waals surface area contributed by atoms with Crippen molar-refractivity contribution in [1.29, 1.82) is 0 Å². The molecule has 4 rings (SSSR count). The second-order valence-electron chi connectivity index (χ2n) is 7.07. The second kappa shape index (κ2) is 7.05. The molecule has 0 unspecified atom stereocenters. The average Bonchev–Trinajstić information content (AvgIpc) is 3.35. The fourth-order valence-electron chi connectivity index (χ4n) is 3.35. The highest BCUT2D eigenvalue weighted by Crippen LogP contribution is 2.27. The first-order valence-electron chi connectivity index (χ1n) is 9.19. The first-order chi connectivity index (χ1) is 13.1. The topological polar surface area (TPSA) is 102 Å². The zero-order chi connectivity index (χ0) is 19.0. The van der Waals surface area contributed by atoms with Gasteiger partial charge in [-0.2, -0.15) is 0 Å². The number of hydrogen-bond acceptors (Lipinski definition) is 6. The highest BCUT2D eigenvalue weighted by molar-refractivity contribution is 5.92. The molecule has 0 aromatic carbocycles. The van der Waals surface area contributed by atoms with Gasteiger partial charge in [0.05, 0.1) is 18.9 Å². The largest absolute Gasteiger partial charge is 0.479 e. The predicted molar refractivity (Wildman–Crippen MR) is 94.6 cm³/mol. The summed E-state index contributed by atoms with van der Waals surface area (Å²) >= 11 is 0. The molecule has 9 heteroatoms. The van der Waals surface area contributed by atoms with Gasteiger partial charge >= 0.3 is 0 Å². The summed E-state index contributed by atoms with van der Waals surface area (Å²) in [5.41, 5.74) is 1.87. The molecule has 1 aliphatic carbocycles. The fraction of sp³-hybridized carbons (Fsp3) is 0.556. The van der Waals surface area contributed by atoms with Crippen LogP contribution in [0.3, 0.4) is 0 Å². The van der Waals surface area contributed by atoms with Crippen LogP contribution in [0.2, 0.25) is 0 Å². The van der Waals surface area contributed by atoms with Crippen LogP contribution in [0.25, 0.3) is 0 Å². The number of hydrogen-bond donors (Lipinski definition) is 1. The van der Waals surface area contributed by atoms with E-state index < -0.39 is 0 Å². The van der Waals surface area contributed by atoms with Gasteiger partial charge in [0.1, 0.15) is 0 Å². The quantitative estimate of drug-likeness (QED) is 0.832. The minimum absolute atomic E-state index is 0.126. The van der Waals surface area contributed by atoms with Crippen molar-refractivity contribution in [3.63, 3.8) is 0 Å². The van der Waals surface area contributed by atoms with Gasteiger partial charge in [0.2, 0.25) is 5.76 Å². The van der Waals surface area contributed by atoms with Gasteiger partial charge in [0, 0.05) is 45.2 Å². The third-order valence-electron chi connectivity index (χ3n) is 5.18. The van der Waals surface area contributed by atoms with E-state index in [1.54, 1.807) is 4.90 Å². The van der Waals surface area contributed by atoms with Crippen LogP contribution in [-0.4, -0.2) is 58.2 Å². The number of nitrogens with one attached hydrogen (secondary N) is 1. The van der Waals surface area contributed by atoms with E-state index in [0.29, 0.717) is 37.7 Å². The van der Waals surface area contributed by atoms with Gasteiger partial charge < -0.3 is 24.0 Å². The minimum Gasteiger partial charge on any atom is -0.479 e. The third-order valence-corrected chi connectivity index (χ3v) is 5.18. The van der Waals surface area contributed by atoms with E-state index in [2.05, 4.69) is 15.5 Å². The van der Waals surface area contributed by atoms with Crippen LogP contribution in [0.5, 0.6) is 5.88 Å². The lowest BCUT2D eigenvalue weighted by Gasteiger charge is -2.18. The highest BCUT2D eigenvalue weighted by Gasteiger charge is 2.28. The summed E-state index contributed by atoms with van der Waals surface area (Å²) in [5.74, 6) is 1.16. The molecule has 1 N–H and O–H groups in total. The van der Waals surface area contributed by atoms with Crippen LogP contribution in [0.1, 0.15) is 45.4 Å². The SMILES string of the molecule is COc1cc(C(=O)N2CCc3nc(C(=O)NCC4CC4)n(C)c3CC2)on1. The smallest absolute Gasteiger partial charge is 0.292 e. The lowest BCUT2D eigenvalue weighted by Crippen LogP contribution is -2.33. The Morgan fingerprint density at radius 1 is 1.33 bits per heavy atom. The number of imidazole rings is 1. The molecule has 2 aliphatic rings. The average molecular weight is 373 g/mol. The summed E-state index contributed by atoms with van der Waals surface area (Å²) in [6.45, 7) is 1.76. The first kappa shape index (κ1) is 17.6. The summed E-state index contributed by atoms with van der Waals surface area (Å²) in [6, 6.07) is 1.49. The number of ether oxygens (including phenoxy) is 1. The van der Waals surface area contributed by atoms with E-state index in [-0.39, 0.29) is 23.5 Å². The molecule has 144 valence electrons. The minimum atomic E-state index is -0.221. The van der Waals surface area contributed by atoms with Gasteiger partial charge in [-0.25, -0.2) is 4.98 Å². The van der Waals surface area contributed by atoms with Crippen molar-refractivity contribution in [2.24, 2.45) is 13.0 Å². The Bertz CT molecular complexity index is 867. The number of fused-ring (bicyclic) bond motifs is 1. The van der Waals surface area contributed by atoms with Crippen molar-refractivity contribution in [2.75, 3.05) is 26.7 Å². The van der Waals surface area contributed by atoms with Crippen molar-refractivity contribution >= 4 is 11.8 Å². The van der Waals surface area contributed by atoms with Gasteiger partial charge in [-0.3, -0.25) is 9.59 Å². The molecule has 1 saturated carbocycles. The van der Waals surface area contributed by atoms with E-state index >= 15 is 0 Å². The number of rotatable bonds is 5. The molecule has 2 aromatic rings. The zero-order valence-electron chi connectivity index (χ0n) is 15.5. The molecular formula is C18H23N5O4. The molecule has 0 spiro atoms. The van der Waals surface area contributed by atoms with Gasteiger partial charge in [0.25, 0.3) is 17.7 Å². The Hall–Kier alpha value is -2.84. The second-order valence-corrected chi connectivity index (χ2v) is 7.07. The van der Waals surface area contributed by atoms with Crippen LogP contribution in [0, 0.1) is 5.92 Å². The number of carbonyl (C=O) groups is 2. The van der Waals surface area contributed by atoms with Crippen molar-refractivity contribution in [3.05, 3.63) is 29.0 Å². The number of amides is 2. The summed E-state index contributed by atoms with van der Waals surface area (Å²) in [6.07, 6.45) is 3.61. The standard InChI is InChI=1S/C18H23N5O4/c1-22-13-6-8-23(18(25)14-9-15(26-2)21-27-14)7-5-12(13)20-16(22)17(24)19-10-11-3-4-11/h9,11H,3-8,10H2,1-2H3,(H,19,24). The predicted octanol–water partition coefficient (Wildman–Crippen LogP) is 0.797. The molecule has 0 bridgehead atoms. The Balaban J connectivity index is 1.44. The number of carbonyl (C=O) groups excluding carboxylic acids is 2. The van der Waals surface area contributed by atoms with Gasteiger partial charge in [-0.05, 0) is 23.9 Å². The van der Waals surface area contributed by atoms with E-state index in [9.17, 15) is 9.59 Å². The first-order valence-corrected chi connectivity index (χ1v) is 9.19. The normalized spacial score (nSPS) is 16.6. The van der Waals surface area contributed by atoms with E-state index in [0.717, 1.165) is 17.9 Å². The zero-order valence-corrected chi connectivity index (χ0v) is 15.5. The van der Waals surface area contributed by atoms with Crippen LogP contribution in [0.15, 0.2) is 10.6 Å². The maximum atomic E-state index is 12.6. The molecule has 9 nitrogen and oxygen atoms in total. The van der Waals surface area contributed by atoms with Crippen molar-refractivity contribution < 1.29 is 18.8 Å². The van der Waals surface area contributed by atoms with Crippen LogP contribution < -0.4 is 10.1 Å². The van der Waals surface area contributed by atoms with Gasteiger partial charge in [-0.15, -0.1) is 0 Å². The Morgan fingerprint density at radius 2 is 2.11 bits per heavy atom. The molecule has 3 heterocycles. The summed E-state index contributed by atoms with van der Waals surface area (Å²) in [4.78, 5) is 31.3. The molecule has 0 saturated heterocycles. The molecule has 0 atom stereocenters. The van der Waals surface area contributed by atoms with E-state index in [1.807, 2.05) is 11.6 Å². The van der Waals surface area contributed by atoms with Crippen molar-refractivity contribution in [1.82, 2.24) is 24.9 Å². The summed E-state index contributed by atoms with van der Waals surface area (Å²) in [7, 11) is 3.33. The molecule has 0 radical (unpaired) electrons. The number of aromatic nitrogens is 3. The molecule has 2 aromatic heterocycles. The van der Waals surface area contributed by atoms with Gasteiger partial charge in [-0.1, -0.05) is 0 Å². The van der Waals surface area contributed by atoms with Crippen LogP contribution >= 0.6 is 0 Å². The number of methoxy groups -OCH3 is 1. The molecule has 27 heavy (non-hydrogen) atoms. The number of nitrogens with zero attached hydrogens (tertiary/aromatic N) is 4. The maximum Gasteiger partial charge on any atom is 0.292 e. The maximum absolute atomic E-state index is 12.6. The van der Waals surface area contributed by atoms with Crippen molar-refractivity contribution in [3.8, 4) is 5.88 Å². The molecule has 2 amide bonds. The molecular weight excluding hydrogens is 350 g/mol. The van der Waals surface area contributed by atoms with E-state index in [1.165, 1.54) is 26.0 Å². The van der Waals surface area contributed by atoms with Crippen LogP contribution in [0.4, 0.5) is 0 Å². The van der Waals surface area contributed by atoms with Crippen molar-refractivity contribution in [2.45, 2.75) is 25.7 Å². The lowest BCUT2D eigenvalue weighted by atomic mass is 10.2.